The Kier molecular flexibility index (Phi) is 3.31. The standard InChI is InChI=1S/C9H6BrClN4O/c10-9-6(14-8(16)2-11)1-5-7(15-9)3-12-4-13-5/h1,3-4H,2H2,(H,14,16). The van der Waals surface area contributed by atoms with Crippen LogP contribution in [0.5, 0.6) is 0 Å². The Bertz CT molecular complexity index is 548. The molecular formula is C9H6BrClN4O. The van der Waals surface area contributed by atoms with E-state index < -0.39 is 0 Å². The smallest absolute Gasteiger partial charge is 0.239 e. The highest BCUT2D eigenvalue weighted by molar-refractivity contribution is 9.10. The van der Waals surface area contributed by atoms with E-state index in [9.17, 15) is 4.79 Å². The number of nitrogens with one attached hydrogen (secondary N) is 1. The minimum atomic E-state index is -0.294. The van der Waals surface area contributed by atoms with Crippen molar-refractivity contribution < 1.29 is 4.79 Å². The molecule has 1 N–H and O–H groups in total. The summed E-state index contributed by atoms with van der Waals surface area (Å²) < 4.78 is 0.522. The van der Waals surface area contributed by atoms with Gasteiger partial charge in [0.15, 0.2) is 0 Å². The van der Waals surface area contributed by atoms with Gasteiger partial charge in [0.05, 0.1) is 17.4 Å². The maximum absolute atomic E-state index is 11.1. The van der Waals surface area contributed by atoms with Crippen LogP contribution in [0.3, 0.4) is 0 Å². The van der Waals surface area contributed by atoms with Gasteiger partial charge in [0.2, 0.25) is 5.91 Å². The van der Waals surface area contributed by atoms with Crippen molar-refractivity contribution in [2.24, 2.45) is 0 Å². The number of amides is 1. The van der Waals surface area contributed by atoms with Gasteiger partial charge < -0.3 is 5.32 Å². The second kappa shape index (κ2) is 4.71. The molecule has 0 aromatic carbocycles. The van der Waals surface area contributed by atoms with Crippen LogP contribution >= 0.6 is 27.5 Å². The number of hydrogen-bond acceptors (Lipinski definition) is 4. The van der Waals surface area contributed by atoms with E-state index in [0.717, 1.165) is 0 Å². The molecule has 7 heteroatoms. The highest BCUT2D eigenvalue weighted by Crippen LogP contribution is 2.23. The first-order chi connectivity index (χ1) is 7.70. The molecule has 2 rings (SSSR count). The van der Waals surface area contributed by atoms with E-state index in [1.54, 1.807) is 12.3 Å². The van der Waals surface area contributed by atoms with Crippen molar-refractivity contribution in [3.8, 4) is 0 Å². The van der Waals surface area contributed by atoms with E-state index in [-0.39, 0.29) is 11.8 Å². The molecule has 0 saturated carbocycles. The summed E-state index contributed by atoms with van der Waals surface area (Å²) in [6, 6.07) is 1.71. The number of halogens is 2. The van der Waals surface area contributed by atoms with Crippen LogP contribution in [0.4, 0.5) is 5.69 Å². The molecule has 0 spiro atoms. The van der Waals surface area contributed by atoms with Crippen LogP contribution in [0, 0.1) is 0 Å². The fourth-order valence-corrected chi connectivity index (χ4v) is 1.63. The number of rotatable bonds is 2. The normalized spacial score (nSPS) is 10.4. The number of alkyl halides is 1. The summed E-state index contributed by atoms with van der Waals surface area (Å²) in [5.74, 6) is -0.397. The van der Waals surface area contributed by atoms with Gasteiger partial charge >= 0.3 is 0 Å². The average molecular weight is 302 g/mol. The molecule has 0 aliphatic heterocycles. The topological polar surface area (TPSA) is 67.8 Å². The van der Waals surface area contributed by atoms with Gasteiger partial charge in [-0.25, -0.2) is 15.0 Å². The number of carbonyl (C=O) groups excluding carboxylic acids is 1. The van der Waals surface area contributed by atoms with E-state index >= 15 is 0 Å². The number of pyridine rings is 1. The van der Waals surface area contributed by atoms with Crippen molar-refractivity contribution in [1.82, 2.24) is 15.0 Å². The molecule has 0 aliphatic rings. The number of hydrogen-bond donors (Lipinski definition) is 1. The van der Waals surface area contributed by atoms with Crippen molar-refractivity contribution in [2.75, 3.05) is 11.2 Å². The number of fused-ring (bicyclic) bond motifs is 1. The van der Waals surface area contributed by atoms with Crippen LogP contribution in [-0.2, 0) is 4.79 Å². The second-order valence-electron chi connectivity index (χ2n) is 2.94. The van der Waals surface area contributed by atoms with Crippen molar-refractivity contribution in [2.45, 2.75) is 0 Å². The van der Waals surface area contributed by atoms with Gasteiger partial charge in [0, 0.05) is 0 Å². The molecule has 2 aromatic heterocycles. The average Bonchev–Trinajstić information content (AvgIpc) is 2.30. The highest BCUT2D eigenvalue weighted by atomic mass is 79.9. The molecule has 0 fully saturated rings. The van der Waals surface area contributed by atoms with Gasteiger partial charge in [-0.05, 0) is 22.0 Å². The lowest BCUT2D eigenvalue weighted by atomic mass is 10.3. The zero-order valence-electron chi connectivity index (χ0n) is 7.94. The molecule has 0 unspecified atom stereocenters. The van der Waals surface area contributed by atoms with Gasteiger partial charge in [0.25, 0.3) is 0 Å². The molecule has 5 nitrogen and oxygen atoms in total. The fraction of sp³-hybridized carbons (Fsp3) is 0.111. The summed E-state index contributed by atoms with van der Waals surface area (Å²) in [6.45, 7) is 0. The molecule has 0 bridgehead atoms. The number of aromatic nitrogens is 3. The Labute approximate surface area is 104 Å². The largest absolute Gasteiger partial charge is 0.323 e. The molecule has 0 radical (unpaired) electrons. The van der Waals surface area contributed by atoms with Gasteiger partial charge in [-0.2, -0.15) is 0 Å². The Balaban J connectivity index is 2.46. The maximum Gasteiger partial charge on any atom is 0.239 e. The highest BCUT2D eigenvalue weighted by Gasteiger charge is 2.08. The lowest BCUT2D eigenvalue weighted by Crippen LogP contribution is -2.13. The van der Waals surface area contributed by atoms with Crippen molar-refractivity contribution >= 4 is 50.2 Å². The molecule has 0 aliphatic carbocycles. The maximum atomic E-state index is 11.1. The third-order valence-corrected chi connectivity index (χ3v) is 2.69. The Morgan fingerprint density at radius 2 is 2.31 bits per heavy atom. The van der Waals surface area contributed by atoms with Crippen LogP contribution in [0.2, 0.25) is 0 Å². The molecule has 1 amide bonds. The third kappa shape index (κ3) is 2.28. The molecule has 0 atom stereocenters. The summed E-state index contributed by atoms with van der Waals surface area (Å²) in [4.78, 5) is 23.2. The van der Waals surface area contributed by atoms with Crippen LogP contribution in [0.1, 0.15) is 0 Å². The zero-order chi connectivity index (χ0) is 11.5. The van der Waals surface area contributed by atoms with Crippen LogP contribution in [0.25, 0.3) is 11.0 Å². The molecule has 2 heterocycles. The SMILES string of the molecule is O=C(CCl)Nc1cc2ncncc2nc1Br. The van der Waals surface area contributed by atoms with Crippen molar-refractivity contribution in [1.29, 1.82) is 0 Å². The number of anilines is 1. The first-order valence-corrected chi connectivity index (χ1v) is 5.65. The molecule has 16 heavy (non-hydrogen) atoms. The van der Waals surface area contributed by atoms with Crippen molar-refractivity contribution in [3.63, 3.8) is 0 Å². The van der Waals surface area contributed by atoms with Gasteiger partial charge in [-0.15, -0.1) is 11.6 Å². The van der Waals surface area contributed by atoms with E-state index in [4.69, 9.17) is 11.6 Å². The molecule has 82 valence electrons. The lowest BCUT2D eigenvalue weighted by molar-refractivity contribution is -0.113. The van der Waals surface area contributed by atoms with E-state index in [1.807, 2.05) is 0 Å². The minimum Gasteiger partial charge on any atom is -0.323 e. The predicted molar refractivity (Wildman–Crippen MR) is 64.4 cm³/mol. The molecule has 2 aromatic rings. The zero-order valence-corrected chi connectivity index (χ0v) is 10.3. The summed E-state index contributed by atoms with van der Waals surface area (Å²) in [7, 11) is 0. The Morgan fingerprint density at radius 3 is 3.06 bits per heavy atom. The summed E-state index contributed by atoms with van der Waals surface area (Å²) in [6.07, 6.45) is 3.02. The molecular weight excluding hydrogens is 295 g/mol. The van der Waals surface area contributed by atoms with E-state index in [0.29, 0.717) is 21.3 Å². The third-order valence-electron chi connectivity index (χ3n) is 1.84. The van der Waals surface area contributed by atoms with Crippen LogP contribution in [0.15, 0.2) is 23.2 Å². The summed E-state index contributed by atoms with van der Waals surface area (Å²) >= 11 is 8.65. The van der Waals surface area contributed by atoms with Gasteiger partial charge in [-0.3, -0.25) is 4.79 Å². The monoisotopic (exact) mass is 300 g/mol. The van der Waals surface area contributed by atoms with Gasteiger partial charge in [-0.1, -0.05) is 0 Å². The minimum absolute atomic E-state index is 0.103. The van der Waals surface area contributed by atoms with E-state index in [2.05, 4.69) is 36.2 Å². The first kappa shape index (κ1) is 11.2. The first-order valence-electron chi connectivity index (χ1n) is 4.33. The number of carbonyl (C=O) groups is 1. The number of nitrogens with zero attached hydrogens (tertiary/aromatic N) is 3. The summed E-state index contributed by atoms with van der Waals surface area (Å²) in [5.41, 5.74) is 1.85. The van der Waals surface area contributed by atoms with Crippen molar-refractivity contribution in [3.05, 3.63) is 23.2 Å². The van der Waals surface area contributed by atoms with Crippen LogP contribution < -0.4 is 5.32 Å². The fourth-order valence-electron chi connectivity index (χ4n) is 1.16. The Morgan fingerprint density at radius 1 is 1.50 bits per heavy atom. The quantitative estimate of drug-likeness (QED) is 0.680. The lowest BCUT2D eigenvalue weighted by Gasteiger charge is -2.06. The van der Waals surface area contributed by atoms with E-state index in [1.165, 1.54) is 6.33 Å². The van der Waals surface area contributed by atoms with Crippen LogP contribution in [-0.4, -0.2) is 26.7 Å². The van der Waals surface area contributed by atoms with Gasteiger partial charge in [0.1, 0.15) is 22.3 Å². The molecule has 0 saturated heterocycles. The Hall–Kier alpha value is -1.27. The summed E-state index contributed by atoms with van der Waals surface area (Å²) in [5, 5.41) is 2.61. The predicted octanol–water partition coefficient (Wildman–Crippen LogP) is 1.96. The second-order valence-corrected chi connectivity index (χ2v) is 3.95.